The monoisotopic (exact) mass is 391 g/mol. The Morgan fingerprint density at radius 3 is 2.63 bits per heavy atom. The molecule has 2 N–H and O–H groups in total. The molecule has 1 fully saturated rings. The van der Waals surface area contributed by atoms with Crippen LogP contribution in [0.1, 0.15) is 43.3 Å². The minimum Gasteiger partial charge on any atom is -0.507 e. The number of piperidine rings is 1. The second-order valence-corrected chi connectivity index (χ2v) is 7.94. The standard InChI is InChI=1S/C19H18FNO5S/c20-11-1-2-12(14(22)9-11)17(23)21-6-4-19(5-7-21)13-10-16(18(24)25)27-15(13)3-8-26-19/h1-2,9-10,22H,3-8H2,(H,24,25). The highest BCUT2D eigenvalue weighted by Crippen LogP contribution is 2.44. The lowest BCUT2D eigenvalue weighted by atomic mass is 9.82. The van der Waals surface area contributed by atoms with Gasteiger partial charge in [0.2, 0.25) is 0 Å². The van der Waals surface area contributed by atoms with Crippen LogP contribution in [-0.2, 0) is 16.8 Å². The van der Waals surface area contributed by atoms with Gasteiger partial charge in [0.15, 0.2) is 0 Å². The molecular formula is C19H18FNO5S. The summed E-state index contributed by atoms with van der Waals surface area (Å²) in [5.41, 5.74) is 0.425. The number of amides is 1. The van der Waals surface area contributed by atoms with E-state index < -0.39 is 17.4 Å². The number of halogens is 1. The number of phenolic OH excluding ortho intramolecular Hbond substituents is 1. The van der Waals surface area contributed by atoms with Crippen LogP contribution >= 0.6 is 11.3 Å². The van der Waals surface area contributed by atoms with Crippen molar-refractivity contribution in [3.63, 3.8) is 0 Å². The Bertz CT molecular complexity index is 917. The van der Waals surface area contributed by atoms with Gasteiger partial charge >= 0.3 is 5.97 Å². The van der Waals surface area contributed by atoms with E-state index in [2.05, 4.69) is 0 Å². The van der Waals surface area contributed by atoms with Crippen LogP contribution in [0.15, 0.2) is 24.3 Å². The fourth-order valence-electron chi connectivity index (χ4n) is 3.86. The number of ether oxygens (including phenoxy) is 1. The number of likely N-dealkylation sites (tertiary alicyclic amines) is 1. The minimum atomic E-state index is -0.941. The van der Waals surface area contributed by atoms with Crippen LogP contribution in [0.4, 0.5) is 4.39 Å². The predicted octanol–water partition coefficient (Wildman–Crippen LogP) is 3.00. The summed E-state index contributed by atoms with van der Waals surface area (Å²) in [4.78, 5) is 26.9. The number of carbonyl (C=O) groups is 2. The van der Waals surface area contributed by atoms with Gasteiger partial charge in [-0.05, 0) is 36.6 Å². The molecule has 2 aromatic rings. The lowest BCUT2D eigenvalue weighted by Gasteiger charge is -2.44. The first-order valence-electron chi connectivity index (χ1n) is 8.68. The number of carbonyl (C=O) groups excluding carboxylic acids is 1. The van der Waals surface area contributed by atoms with Gasteiger partial charge < -0.3 is 19.8 Å². The second-order valence-electron chi connectivity index (χ2n) is 6.80. The molecule has 0 unspecified atom stereocenters. The second kappa shape index (κ2) is 6.61. The Labute approximate surface area is 158 Å². The van der Waals surface area contributed by atoms with Crippen LogP contribution < -0.4 is 0 Å². The summed E-state index contributed by atoms with van der Waals surface area (Å²) in [6.07, 6.45) is 1.79. The molecule has 0 bridgehead atoms. The fraction of sp³-hybridized carbons (Fsp3) is 0.368. The van der Waals surface area contributed by atoms with E-state index >= 15 is 0 Å². The number of aromatic hydroxyl groups is 1. The molecule has 2 aliphatic rings. The van der Waals surface area contributed by atoms with Crippen molar-refractivity contribution in [2.24, 2.45) is 0 Å². The highest BCUT2D eigenvalue weighted by atomic mass is 32.1. The van der Waals surface area contributed by atoms with E-state index in [0.29, 0.717) is 43.8 Å². The highest BCUT2D eigenvalue weighted by Gasteiger charge is 2.43. The van der Waals surface area contributed by atoms with E-state index in [9.17, 15) is 24.2 Å². The average molecular weight is 391 g/mol. The fourth-order valence-corrected chi connectivity index (χ4v) is 4.93. The van der Waals surface area contributed by atoms with Crippen molar-refractivity contribution in [3.05, 3.63) is 51.0 Å². The zero-order valence-electron chi connectivity index (χ0n) is 14.4. The van der Waals surface area contributed by atoms with Gasteiger partial charge in [-0.3, -0.25) is 4.79 Å². The van der Waals surface area contributed by atoms with Gasteiger partial charge in [-0.25, -0.2) is 9.18 Å². The minimum absolute atomic E-state index is 0.0706. The molecule has 0 atom stereocenters. The van der Waals surface area contributed by atoms with Crippen LogP contribution in [0.2, 0.25) is 0 Å². The maximum Gasteiger partial charge on any atom is 0.345 e. The van der Waals surface area contributed by atoms with Gasteiger partial charge in [0.1, 0.15) is 16.4 Å². The topological polar surface area (TPSA) is 87.1 Å². The van der Waals surface area contributed by atoms with Crippen molar-refractivity contribution < 1.29 is 28.9 Å². The van der Waals surface area contributed by atoms with E-state index in [-0.39, 0.29) is 17.2 Å². The van der Waals surface area contributed by atoms with Crippen molar-refractivity contribution >= 4 is 23.2 Å². The summed E-state index contributed by atoms with van der Waals surface area (Å²) in [7, 11) is 0. The zero-order valence-corrected chi connectivity index (χ0v) is 15.2. The third-order valence-corrected chi connectivity index (χ3v) is 6.45. The average Bonchev–Trinajstić information content (AvgIpc) is 3.08. The molecule has 3 heterocycles. The van der Waals surface area contributed by atoms with E-state index in [1.165, 1.54) is 17.4 Å². The van der Waals surface area contributed by atoms with E-state index in [1.54, 1.807) is 11.0 Å². The number of benzene rings is 1. The quantitative estimate of drug-likeness (QED) is 0.822. The predicted molar refractivity (Wildman–Crippen MR) is 95.8 cm³/mol. The molecule has 0 saturated carbocycles. The van der Waals surface area contributed by atoms with Crippen molar-refractivity contribution in [3.8, 4) is 5.75 Å². The van der Waals surface area contributed by atoms with Gasteiger partial charge in [-0.1, -0.05) is 0 Å². The van der Waals surface area contributed by atoms with Crippen LogP contribution in [0.5, 0.6) is 5.75 Å². The number of phenols is 1. The molecule has 1 spiro atoms. The summed E-state index contributed by atoms with van der Waals surface area (Å²) in [5, 5.41) is 19.1. The molecule has 0 radical (unpaired) electrons. The Morgan fingerprint density at radius 1 is 1.22 bits per heavy atom. The molecule has 1 aromatic carbocycles. The van der Waals surface area contributed by atoms with Crippen molar-refractivity contribution in [1.29, 1.82) is 0 Å². The molecule has 0 aliphatic carbocycles. The largest absolute Gasteiger partial charge is 0.507 e. The maximum atomic E-state index is 13.1. The lowest BCUT2D eigenvalue weighted by molar-refractivity contribution is -0.0926. The van der Waals surface area contributed by atoms with Crippen LogP contribution in [0.3, 0.4) is 0 Å². The number of hydrogen-bond acceptors (Lipinski definition) is 5. The number of carboxylic acid groups (broad SMARTS) is 1. The van der Waals surface area contributed by atoms with E-state index in [0.717, 1.165) is 22.6 Å². The number of hydrogen-bond donors (Lipinski definition) is 2. The van der Waals surface area contributed by atoms with E-state index in [1.807, 2.05) is 0 Å². The normalized spacial score (nSPS) is 18.3. The molecule has 6 nitrogen and oxygen atoms in total. The van der Waals surface area contributed by atoms with Gasteiger partial charge in [-0.15, -0.1) is 11.3 Å². The summed E-state index contributed by atoms with van der Waals surface area (Å²) >= 11 is 1.29. The summed E-state index contributed by atoms with van der Waals surface area (Å²) in [5.74, 6) is -2.27. The SMILES string of the molecule is O=C(O)c1cc2c(s1)CCOC21CCN(C(=O)c2ccc(F)cc2O)CC1. The maximum absolute atomic E-state index is 13.1. The molecular weight excluding hydrogens is 373 g/mol. The molecule has 4 rings (SSSR count). The van der Waals surface area contributed by atoms with Crippen LogP contribution in [-0.4, -0.2) is 46.7 Å². The molecule has 8 heteroatoms. The third-order valence-electron chi connectivity index (χ3n) is 5.27. The molecule has 1 amide bonds. The van der Waals surface area contributed by atoms with Gasteiger partial charge in [0.25, 0.3) is 5.91 Å². The highest BCUT2D eigenvalue weighted by molar-refractivity contribution is 7.14. The summed E-state index contributed by atoms with van der Waals surface area (Å²) in [6.45, 7) is 1.35. The smallest absolute Gasteiger partial charge is 0.345 e. The van der Waals surface area contributed by atoms with Crippen molar-refractivity contribution in [2.45, 2.75) is 24.9 Å². The Morgan fingerprint density at radius 2 is 1.96 bits per heavy atom. The Kier molecular flexibility index (Phi) is 4.39. The molecule has 142 valence electrons. The number of carboxylic acids is 1. The first kappa shape index (κ1) is 17.9. The number of aromatic carboxylic acids is 1. The number of thiophene rings is 1. The third kappa shape index (κ3) is 3.08. The molecule has 27 heavy (non-hydrogen) atoms. The molecule has 1 aromatic heterocycles. The zero-order chi connectivity index (χ0) is 19.2. The summed E-state index contributed by atoms with van der Waals surface area (Å²) in [6, 6.07) is 5.05. The van der Waals surface area contributed by atoms with Crippen LogP contribution in [0, 0.1) is 5.82 Å². The van der Waals surface area contributed by atoms with Crippen molar-refractivity contribution in [1.82, 2.24) is 4.90 Å². The summed E-state index contributed by atoms with van der Waals surface area (Å²) < 4.78 is 19.2. The number of nitrogens with zero attached hydrogens (tertiary/aromatic N) is 1. The number of rotatable bonds is 2. The Balaban J connectivity index is 1.54. The first-order valence-corrected chi connectivity index (χ1v) is 9.49. The first-order chi connectivity index (χ1) is 12.9. The molecule has 2 aliphatic heterocycles. The van der Waals surface area contributed by atoms with Crippen LogP contribution in [0.25, 0.3) is 0 Å². The lowest BCUT2D eigenvalue weighted by Crippen LogP contribution is -2.48. The van der Waals surface area contributed by atoms with Gasteiger partial charge in [0.05, 0.1) is 17.8 Å². The van der Waals surface area contributed by atoms with Gasteiger partial charge in [-0.2, -0.15) is 0 Å². The molecule has 1 saturated heterocycles. The number of fused-ring (bicyclic) bond motifs is 2. The van der Waals surface area contributed by atoms with Gasteiger partial charge in [0, 0.05) is 30.5 Å². The van der Waals surface area contributed by atoms with Crippen molar-refractivity contribution in [2.75, 3.05) is 19.7 Å². The van der Waals surface area contributed by atoms with E-state index in [4.69, 9.17) is 4.74 Å². The Hall–Kier alpha value is -2.45.